The Labute approximate surface area is 126 Å². The Morgan fingerprint density at radius 1 is 1.33 bits per heavy atom. The maximum atomic E-state index is 12.9. The van der Waals surface area contributed by atoms with Gasteiger partial charge in [0.05, 0.1) is 5.75 Å². The van der Waals surface area contributed by atoms with Crippen LogP contribution in [0.2, 0.25) is 0 Å². The number of aromatic nitrogens is 3. The third-order valence-electron chi connectivity index (χ3n) is 2.97. The zero-order valence-electron chi connectivity index (χ0n) is 11.6. The lowest BCUT2D eigenvalue weighted by Gasteiger charge is -2.09. The molecular weight excluding hydrogens is 293 g/mol. The number of thioether (sulfide) groups is 1. The summed E-state index contributed by atoms with van der Waals surface area (Å²) in [5.74, 6) is -0.357. The van der Waals surface area contributed by atoms with Crippen molar-refractivity contribution >= 4 is 17.7 Å². The van der Waals surface area contributed by atoms with Crippen molar-refractivity contribution in [3.05, 3.63) is 41.5 Å². The summed E-state index contributed by atoms with van der Waals surface area (Å²) in [5.41, 5.74) is 1.02. The Morgan fingerprint density at radius 3 is 2.67 bits per heavy atom. The fourth-order valence-electron chi connectivity index (χ4n) is 1.93. The van der Waals surface area contributed by atoms with Gasteiger partial charge in [0.2, 0.25) is 0 Å². The Bertz CT molecular complexity index is 613. The molecule has 7 heteroatoms. The fraction of sp³-hybridized carbons (Fsp3) is 0.357. The number of carboxylic acids is 1. The molecule has 0 aliphatic rings. The van der Waals surface area contributed by atoms with Gasteiger partial charge >= 0.3 is 5.97 Å². The number of halogens is 1. The maximum Gasteiger partial charge on any atom is 0.313 e. The highest BCUT2D eigenvalue weighted by molar-refractivity contribution is 7.99. The Hall–Kier alpha value is -1.89. The molecule has 0 fully saturated rings. The molecule has 1 heterocycles. The van der Waals surface area contributed by atoms with Gasteiger partial charge in [-0.15, -0.1) is 10.2 Å². The van der Waals surface area contributed by atoms with E-state index in [1.54, 1.807) is 12.1 Å². The SMILES string of the molecule is CCc1nnc(SCC(=O)O)n1CCc1ccc(F)cc1. The molecule has 0 bridgehead atoms. The Morgan fingerprint density at radius 2 is 2.05 bits per heavy atom. The fourth-order valence-corrected chi connectivity index (χ4v) is 2.63. The van der Waals surface area contributed by atoms with Crippen molar-refractivity contribution in [2.45, 2.75) is 31.5 Å². The minimum Gasteiger partial charge on any atom is -0.481 e. The predicted molar refractivity (Wildman–Crippen MR) is 77.9 cm³/mol. The average Bonchev–Trinajstić information content (AvgIpc) is 2.86. The third-order valence-corrected chi connectivity index (χ3v) is 3.92. The van der Waals surface area contributed by atoms with Crippen molar-refractivity contribution in [2.75, 3.05) is 5.75 Å². The molecule has 0 atom stereocenters. The van der Waals surface area contributed by atoms with Gasteiger partial charge in [-0.25, -0.2) is 4.39 Å². The van der Waals surface area contributed by atoms with Crippen LogP contribution in [0, 0.1) is 5.82 Å². The van der Waals surface area contributed by atoms with Crippen molar-refractivity contribution in [1.29, 1.82) is 0 Å². The molecule has 2 rings (SSSR count). The highest BCUT2D eigenvalue weighted by Crippen LogP contribution is 2.18. The summed E-state index contributed by atoms with van der Waals surface area (Å²) in [4.78, 5) is 10.7. The van der Waals surface area contributed by atoms with Crippen LogP contribution in [0.25, 0.3) is 0 Å². The first-order valence-corrected chi connectivity index (χ1v) is 7.59. The molecule has 0 spiro atoms. The monoisotopic (exact) mass is 309 g/mol. The molecule has 1 aromatic heterocycles. The van der Waals surface area contributed by atoms with Gasteiger partial charge in [-0.3, -0.25) is 4.79 Å². The van der Waals surface area contributed by atoms with E-state index in [1.165, 1.54) is 12.1 Å². The van der Waals surface area contributed by atoms with Crippen LogP contribution in [0.1, 0.15) is 18.3 Å². The topological polar surface area (TPSA) is 68.0 Å². The summed E-state index contributed by atoms with van der Waals surface area (Å²) < 4.78 is 14.8. The van der Waals surface area contributed by atoms with Gasteiger partial charge in [0.1, 0.15) is 11.6 Å². The average molecular weight is 309 g/mol. The second-order valence-electron chi connectivity index (χ2n) is 4.46. The van der Waals surface area contributed by atoms with Crippen LogP contribution in [0.5, 0.6) is 0 Å². The number of aliphatic carboxylic acids is 1. The predicted octanol–water partition coefficient (Wildman–Crippen LogP) is 2.40. The van der Waals surface area contributed by atoms with Crippen LogP contribution in [-0.2, 0) is 24.2 Å². The van der Waals surface area contributed by atoms with Gasteiger partial charge in [-0.2, -0.15) is 0 Å². The van der Waals surface area contributed by atoms with E-state index in [9.17, 15) is 9.18 Å². The van der Waals surface area contributed by atoms with E-state index >= 15 is 0 Å². The van der Waals surface area contributed by atoms with E-state index in [0.29, 0.717) is 18.1 Å². The third kappa shape index (κ3) is 4.29. The van der Waals surface area contributed by atoms with Gasteiger partial charge in [0.15, 0.2) is 5.16 Å². The maximum absolute atomic E-state index is 12.9. The molecule has 0 unspecified atom stereocenters. The van der Waals surface area contributed by atoms with E-state index in [-0.39, 0.29) is 11.6 Å². The molecule has 0 aliphatic heterocycles. The van der Waals surface area contributed by atoms with E-state index in [1.807, 2.05) is 11.5 Å². The van der Waals surface area contributed by atoms with E-state index in [0.717, 1.165) is 29.6 Å². The molecule has 1 N–H and O–H groups in total. The Kier molecular flexibility index (Phi) is 5.32. The number of benzene rings is 1. The van der Waals surface area contributed by atoms with Crippen LogP contribution in [0.15, 0.2) is 29.4 Å². The molecule has 0 saturated carbocycles. The Balaban J connectivity index is 2.08. The number of carboxylic acid groups (broad SMARTS) is 1. The van der Waals surface area contributed by atoms with Gasteiger partial charge in [0, 0.05) is 13.0 Å². The van der Waals surface area contributed by atoms with Crippen LogP contribution >= 0.6 is 11.8 Å². The van der Waals surface area contributed by atoms with E-state index < -0.39 is 5.97 Å². The van der Waals surface area contributed by atoms with Gasteiger partial charge in [-0.05, 0) is 24.1 Å². The van der Waals surface area contributed by atoms with Gasteiger partial charge < -0.3 is 9.67 Å². The van der Waals surface area contributed by atoms with Crippen molar-refractivity contribution in [1.82, 2.24) is 14.8 Å². The number of carbonyl (C=O) groups is 1. The standard InChI is InChI=1S/C14H16FN3O2S/c1-2-12-16-17-14(21-9-13(19)20)18(12)8-7-10-3-5-11(15)6-4-10/h3-6H,2,7-9H2,1H3,(H,19,20). The number of rotatable bonds is 7. The normalized spacial score (nSPS) is 10.8. The summed E-state index contributed by atoms with van der Waals surface area (Å²) in [6, 6.07) is 6.36. The molecule has 0 radical (unpaired) electrons. The second kappa shape index (κ2) is 7.21. The summed E-state index contributed by atoms with van der Waals surface area (Å²) >= 11 is 1.16. The quantitative estimate of drug-likeness (QED) is 0.795. The number of aryl methyl sites for hydroxylation is 2. The first kappa shape index (κ1) is 15.5. The highest BCUT2D eigenvalue weighted by atomic mass is 32.2. The van der Waals surface area contributed by atoms with E-state index in [2.05, 4.69) is 10.2 Å². The first-order chi connectivity index (χ1) is 10.1. The summed E-state index contributed by atoms with van der Waals surface area (Å²) in [6.45, 7) is 2.62. The van der Waals surface area contributed by atoms with Crippen molar-refractivity contribution in [3.8, 4) is 0 Å². The molecule has 21 heavy (non-hydrogen) atoms. The summed E-state index contributed by atoms with van der Waals surface area (Å²) in [6.07, 6.45) is 1.44. The number of nitrogens with zero attached hydrogens (tertiary/aromatic N) is 3. The molecule has 5 nitrogen and oxygen atoms in total. The minimum absolute atomic E-state index is 0.0433. The largest absolute Gasteiger partial charge is 0.481 e. The minimum atomic E-state index is -0.883. The summed E-state index contributed by atoms with van der Waals surface area (Å²) in [7, 11) is 0. The molecule has 112 valence electrons. The van der Waals surface area contributed by atoms with Crippen LogP contribution < -0.4 is 0 Å². The smallest absolute Gasteiger partial charge is 0.313 e. The zero-order valence-corrected chi connectivity index (χ0v) is 12.4. The lowest BCUT2D eigenvalue weighted by Crippen LogP contribution is -2.08. The number of hydrogen-bond acceptors (Lipinski definition) is 4. The molecule has 0 saturated heterocycles. The van der Waals surface area contributed by atoms with Gasteiger partial charge in [0.25, 0.3) is 0 Å². The second-order valence-corrected chi connectivity index (χ2v) is 5.41. The highest BCUT2D eigenvalue weighted by Gasteiger charge is 2.12. The zero-order chi connectivity index (χ0) is 15.2. The molecule has 0 amide bonds. The number of hydrogen-bond donors (Lipinski definition) is 1. The molecule has 1 aromatic carbocycles. The van der Waals surface area contributed by atoms with Crippen LogP contribution in [0.3, 0.4) is 0 Å². The van der Waals surface area contributed by atoms with Crippen molar-refractivity contribution in [3.63, 3.8) is 0 Å². The van der Waals surface area contributed by atoms with Crippen molar-refractivity contribution in [2.24, 2.45) is 0 Å². The first-order valence-electron chi connectivity index (χ1n) is 6.61. The molecule has 0 aliphatic carbocycles. The van der Waals surface area contributed by atoms with Crippen LogP contribution in [0.4, 0.5) is 4.39 Å². The lowest BCUT2D eigenvalue weighted by molar-refractivity contribution is -0.133. The summed E-state index contributed by atoms with van der Waals surface area (Å²) in [5, 5.41) is 17.5. The molecule has 2 aromatic rings. The molecular formula is C14H16FN3O2S. The van der Waals surface area contributed by atoms with E-state index in [4.69, 9.17) is 5.11 Å². The van der Waals surface area contributed by atoms with Crippen molar-refractivity contribution < 1.29 is 14.3 Å². The lowest BCUT2D eigenvalue weighted by atomic mass is 10.1. The van der Waals surface area contributed by atoms with Crippen LogP contribution in [-0.4, -0.2) is 31.6 Å². The van der Waals surface area contributed by atoms with Gasteiger partial charge in [-0.1, -0.05) is 30.8 Å².